The number of nitrogens with one attached hydrogen (secondary N) is 1. The molecule has 0 saturated carbocycles. The lowest BCUT2D eigenvalue weighted by Gasteiger charge is -2.10. The summed E-state index contributed by atoms with van der Waals surface area (Å²) in [7, 11) is 0. The second kappa shape index (κ2) is 9.75. The minimum atomic E-state index is -2.94. The van der Waals surface area contributed by atoms with Crippen LogP contribution in [0.2, 0.25) is 0 Å². The number of amides is 1. The quantitative estimate of drug-likeness (QED) is 0.423. The first-order chi connectivity index (χ1) is 14.4. The zero-order valence-electron chi connectivity index (χ0n) is 15.3. The smallest absolute Gasteiger partial charge is 0.387 e. The maximum atomic E-state index is 12.6. The van der Waals surface area contributed by atoms with Gasteiger partial charge in [0.25, 0.3) is 5.91 Å². The Morgan fingerprint density at radius 3 is 2.27 bits per heavy atom. The number of carbonyl (C=O) groups excluding carboxylic acids is 3. The highest BCUT2D eigenvalue weighted by atomic mass is 32.1. The number of ketones is 1. The van der Waals surface area contributed by atoms with Crippen LogP contribution in [0.15, 0.2) is 66.0 Å². The highest BCUT2D eigenvalue weighted by Gasteiger charge is 2.20. The second-order valence-electron chi connectivity index (χ2n) is 5.88. The molecule has 0 aliphatic heterocycles. The van der Waals surface area contributed by atoms with Gasteiger partial charge in [-0.2, -0.15) is 8.78 Å². The average Bonchev–Trinajstić information content (AvgIpc) is 3.27. The van der Waals surface area contributed by atoms with E-state index in [1.165, 1.54) is 47.7 Å². The normalized spacial score (nSPS) is 10.5. The van der Waals surface area contributed by atoms with E-state index < -0.39 is 25.1 Å². The SMILES string of the molecule is O=C(COC(=O)c1ccccc1C(=O)c1cccs1)Nc1ccc(OC(F)F)cc1. The van der Waals surface area contributed by atoms with E-state index in [2.05, 4.69) is 10.1 Å². The molecule has 154 valence electrons. The largest absolute Gasteiger partial charge is 0.452 e. The predicted molar refractivity (Wildman–Crippen MR) is 106 cm³/mol. The van der Waals surface area contributed by atoms with Crippen molar-refractivity contribution in [2.45, 2.75) is 6.61 Å². The minimum Gasteiger partial charge on any atom is -0.452 e. The van der Waals surface area contributed by atoms with Crippen LogP contribution in [0.4, 0.5) is 14.5 Å². The molecule has 0 fully saturated rings. The maximum Gasteiger partial charge on any atom is 0.387 e. The van der Waals surface area contributed by atoms with Gasteiger partial charge in [0, 0.05) is 11.3 Å². The number of ether oxygens (including phenoxy) is 2. The van der Waals surface area contributed by atoms with Crippen molar-refractivity contribution >= 4 is 34.7 Å². The van der Waals surface area contributed by atoms with Gasteiger partial charge in [0.1, 0.15) is 5.75 Å². The maximum absolute atomic E-state index is 12.6. The molecule has 1 heterocycles. The zero-order chi connectivity index (χ0) is 21.5. The van der Waals surface area contributed by atoms with Gasteiger partial charge < -0.3 is 14.8 Å². The van der Waals surface area contributed by atoms with Crippen molar-refractivity contribution in [3.05, 3.63) is 82.0 Å². The molecule has 2 aromatic carbocycles. The monoisotopic (exact) mass is 431 g/mol. The first-order valence-corrected chi connectivity index (χ1v) is 9.51. The third-order valence-electron chi connectivity index (χ3n) is 3.83. The Morgan fingerprint density at radius 2 is 1.63 bits per heavy atom. The van der Waals surface area contributed by atoms with E-state index in [9.17, 15) is 23.2 Å². The first kappa shape index (κ1) is 21.1. The van der Waals surface area contributed by atoms with Crippen LogP contribution in [0.3, 0.4) is 0 Å². The molecular formula is C21H15F2NO5S. The Kier molecular flexibility index (Phi) is 6.87. The molecule has 3 rings (SSSR count). The summed E-state index contributed by atoms with van der Waals surface area (Å²) < 4.78 is 33.5. The summed E-state index contributed by atoms with van der Waals surface area (Å²) in [4.78, 5) is 37.5. The van der Waals surface area contributed by atoms with E-state index in [4.69, 9.17) is 4.74 Å². The van der Waals surface area contributed by atoms with E-state index in [0.717, 1.165) is 0 Å². The summed E-state index contributed by atoms with van der Waals surface area (Å²) in [6.07, 6.45) is 0. The molecule has 1 amide bonds. The van der Waals surface area contributed by atoms with Gasteiger partial charge in [-0.25, -0.2) is 4.79 Å². The Labute approximate surface area is 174 Å². The molecule has 1 aromatic heterocycles. The second-order valence-corrected chi connectivity index (χ2v) is 6.83. The number of alkyl halides is 2. The predicted octanol–water partition coefficient (Wildman–Crippen LogP) is 4.38. The van der Waals surface area contributed by atoms with Crippen molar-refractivity contribution in [1.29, 1.82) is 0 Å². The molecule has 0 aliphatic rings. The Hall–Kier alpha value is -3.59. The molecule has 0 spiro atoms. The number of halogens is 2. The van der Waals surface area contributed by atoms with Gasteiger partial charge in [-0.05, 0) is 41.8 Å². The fraction of sp³-hybridized carbons (Fsp3) is 0.0952. The number of hydrogen-bond donors (Lipinski definition) is 1. The standard InChI is InChI=1S/C21H15F2NO5S/c22-21(23)29-14-9-7-13(8-10-14)24-18(25)12-28-20(27)16-5-2-1-4-15(16)19(26)17-6-3-11-30-17/h1-11,21H,12H2,(H,24,25). The molecule has 9 heteroatoms. The summed E-state index contributed by atoms with van der Waals surface area (Å²) in [5.41, 5.74) is 0.545. The van der Waals surface area contributed by atoms with Crippen LogP contribution in [0.1, 0.15) is 25.6 Å². The van der Waals surface area contributed by atoms with Crippen molar-refractivity contribution < 1.29 is 32.6 Å². The molecule has 6 nitrogen and oxygen atoms in total. The highest BCUT2D eigenvalue weighted by Crippen LogP contribution is 2.20. The molecule has 0 atom stereocenters. The third kappa shape index (κ3) is 5.48. The van der Waals surface area contributed by atoms with Gasteiger partial charge >= 0.3 is 12.6 Å². The molecule has 3 aromatic rings. The van der Waals surface area contributed by atoms with E-state index in [1.807, 2.05) is 0 Å². The van der Waals surface area contributed by atoms with Crippen LogP contribution in [-0.4, -0.2) is 30.9 Å². The van der Waals surface area contributed by atoms with Crippen LogP contribution < -0.4 is 10.1 Å². The molecule has 0 aliphatic carbocycles. The number of carbonyl (C=O) groups is 3. The summed E-state index contributed by atoms with van der Waals surface area (Å²) >= 11 is 1.25. The van der Waals surface area contributed by atoms with Crippen LogP contribution >= 0.6 is 11.3 Å². The van der Waals surface area contributed by atoms with E-state index >= 15 is 0 Å². The van der Waals surface area contributed by atoms with Gasteiger partial charge in [0.05, 0.1) is 10.4 Å². The van der Waals surface area contributed by atoms with Gasteiger partial charge in [0.15, 0.2) is 6.61 Å². The van der Waals surface area contributed by atoms with Crippen molar-refractivity contribution in [3.8, 4) is 5.75 Å². The highest BCUT2D eigenvalue weighted by molar-refractivity contribution is 7.12. The van der Waals surface area contributed by atoms with Gasteiger partial charge in [-0.3, -0.25) is 9.59 Å². The summed E-state index contributed by atoms with van der Waals surface area (Å²) in [6, 6.07) is 14.8. The third-order valence-corrected chi connectivity index (χ3v) is 4.70. The van der Waals surface area contributed by atoms with Crippen molar-refractivity contribution in [2.75, 3.05) is 11.9 Å². The van der Waals surface area contributed by atoms with E-state index in [0.29, 0.717) is 10.6 Å². The number of esters is 1. The van der Waals surface area contributed by atoms with Crippen LogP contribution in [-0.2, 0) is 9.53 Å². The first-order valence-electron chi connectivity index (χ1n) is 8.63. The summed E-state index contributed by atoms with van der Waals surface area (Å²) in [6.45, 7) is -3.53. The Balaban J connectivity index is 1.59. The Morgan fingerprint density at radius 1 is 0.933 bits per heavy atom. The lowest BCUT2D eigenvalue weighted by Crippen LogP contribution is -2.22. The number of rotatable bonds is 8. The van der Waals surface area contributed by atoms with E-state index in [-0.39, 0.29) is 22.7 Å². The molecule has 30 heavy (non-hydrogen) atoms. The van der Waals surface area contributed by atoms with Gasteiger partial charge in [-0.15, -0.1) is 11.3 Å². The fourth-order valence-corrected chi connectivity index (χ4v) is 3.20. The number of benzene rings is 2. The molecule has 1 N–H and O–H groups in total. The minimum absolute atomic E-state index is 0.0530. The number of thiophene rings is 1. The average molecular weight is 431 g/mol. The lowest BCUT2D eigenvalue weighted by molar-refractivity contribution is -0.119. The lowest BCUT2D eigenvalue weighted by atomic mass is 10.0. The number of hydrogen-bond acceptors (Lipinski definition) is 6. The number of anilines is 1. The molecular weight excluding hydrogens is 416 g/mol. The fourth-order valence-electron chi connectivity index (χ4n) is 2.53. The summed E-state index contributed by atoms with van der Waals surface area (Å²) in [5.74, 6) is -1.81. The molecule has 0 unspecified atom stereocenters. The van der Waals surface area contributed by atoms with Gasteiger partial charge in [-0.1, -0.05) is 24.3 Å². The van der Waals surface area contributed by atoms with Gasteiger partial charge in [0.2, 0.25) is 5.78 Å². The summed E-state index contributed by atoms with van der Waals surface area (Å²) in [5, 5.41) is 4.22. The zero-order valence-corrected chi connectivity index (χ0v) is 16.2. The van der Waals surface area contributed by atoms with Crippen molar-refractivity contribution in [2.24, 2.45) is 0 Å². The molecule has 0 saturated heterocycles. The van der Waals surface area contributed by atoms with Crippen LogP contribution in [0, 0.1) is 0 Å². The van der Waals surface area contributed by atoms with Crippen molar-refractivity contribution in [1.82, 2.24) is 0 Å². The van der Waals surface area contributed by atoms with E-state index in [1.54, 1.807) is 29.6 Å². The van der Waals surface area contributed by atoms with Crippen molar-refractivity contribution in [3.63, 3.8) is 0 Å². The Bertz CT molecular complexity index is 1040. The molecule has 0 radical (unpaired) electrons. The molecule has 0 bridgehead atoms. The van der Waals surface area contributed by atoms with Crippen LogP contribution in [0.5, 0.6) is 5.75 Å². The van der Waals surface area contributed by atoms with Crippen LogP contribution in [0.25, 0.3) is 0 Å². The topological polar surface area (TPSA) is 81.7 Å².